The molecule has 6 heteroatoms. The van der Waals surface area contributed by atoms with Gasteiger partial charge in [-0.3, -0.25) is 9.71 Å². The first-order valence-corrected chi connectivity index (χ1v) is 9.37. The molecule has 0 unspecified atom stereocenters. The zero-order valence-corrected chi connectivity index (χ0v) is 14.7. The molecule has 0 fully saturated rings. The van der Waals surface area contributed by atoms with E-state index in [2.05, 4.69) is 9.71 Å². The first-order chi connectivity index (χ1) is 12.0. The van der Waals surface area contributed by atoms with Crippen LogP contribution in [0.3, 0.4) is 0 Å². The minimum atomic E-state index is -3.75. The lowest BCUT2D eigenvalue weighted by atomic mass is 10.2. The Morgan fingerprint density at radius 3 is 2.48 bits per heavy atom. The molecular formula is C19H15ClN2O2S. The molecule has 0 bridgehead atoms. The molecule has 0 atom stereocenters. The largest absolute Gasteiger partial charge is 0.280 e. The predicted octanol–water partition coefficient (Wildman–Crippen LogP) is 4.71. The van der Waals surface area contributed by atoms with Crippen molar-refractivity contribution in [3.8, 4) is 0 Å². The van der Waals surface area contributed by atoms with Crippen LogP contribution in [0.25, 0.3) is 12.2 Å². The predicted molar refractivity (Wildman–Crippen MR) is 102 cm³/mol. The number of sulfonamides is 1. The summed E-state index contributed by atoms with van der Waals surface area (Å²) in [4.78, 5) is 4.26. The summed E-state index contributed by atoms with van der Waals surface area (Å²) in [6.45, 7) is 0. The van der Waals surface area contributed by atoms with Crippen molar-refractivity contribution in [3.63, 3.8) is 0 Å². The van der Waals surface area contributed by atoms with E-state index in [-0.39, 0.29) is 9.92 Å². The van der Waals surface area contributed by atoms with Crippen molar-refractivity contribution >= 4 is 39.5 Å². The van der Waals surface area contributed by atoms with Crippen molar-refractivity contribution in [1.82, 2.24) is 4.98 Å². The zero-order chi connectivity index (χ0) is 17.7. The molecule has 0 aliphatic rings. The van der Waals surface area contributed by atoms with Crippen LogP contribution in [0.15, 0.2) is 77.8 Å². The second-order valence-electron chi connectivity index (χ2n) is 5.25. The number of benzene rings is 2. The Kier molecular flexibility index (Phi) is 5.16. The maximum Gasteiger partial charge on any atom is 0.263 e. The van der Waals surface area contributed by atoms with Crippen LogP contribution in [0.1, 0.15) is 11.3 Å². The van der Waals surface area contributed by atoms with Crippen LogP contribution in [0, 0.1) is 0 Å². The molecule has 4 nitrogen and oxygen atoms in total. The number of rotatable bonds is 5. The van der Waals surface area contributed by atoms with E-state index in [1.807, 2.05) is 36.4 Å². The van der Waals surface area contributed by atoms with E-state index >= 15 is 0 Å². The summed E-state index contributed by atoms with van der Waals surface area (Å²) in [5.41, 5.74) is 2.14. The fourth-order valence-electron chi connectivity index (χ4n) is 2.23. The van der Waals surface area contributed by atoms with Gasteiger partial charge in [0.2, 0.25) is 0 Å². The van der Waals surface area contributed by atoms with Crippen molar-refractivity contribution in [1.29, 1.82) is 0 Å². The lowest BCUT2D eigenvalue weighted by Crippen LogP contribution is -2.13. The molecule has 1 heterocycles. The topological polar surface area (TPSA) is 59.1 Å². The number of nitrogens with one attached hydrogen (secondary N) is 1. The molecule has 126 valence electrons. The number of anilines is 1. The molecule has 1 aromatic heterocycles. The SMILES string of the molecule is O=S(=O)(Nc1cccc(/C=C/c2ccccn2)c1)c1ccccc1Cl. The van der Waals surface area contributed by atoms with Gasteiger partial charge in [0, 0.05) is 11.9 Å². The van der Waals surface area contributed by atoms with E-state index in [0.717, 1.165) is 11.3 Å². The van der Waals surface area contributed by atoms with Crippen molar-refractivity contribution in [2.75, 3.05) is 4.72 Å². The molecule has 0 radical (unpaired) electrons. The van der Waals surface area contributed by atoms with Gasteiger partial charge in [-0.15, -0.1) is 0 Å². The van der Waals surface area contributed by atoms with Crippen molar-refractivity contribution < 1.29 is 8.42 Å². The molecule has 2 aromatic carbocycles. The van der Waals surface area contributed by atoms with Gasteiger partial charge in [0.1, 0.15) is 4.90 Å². The van der Waals surface area contributed by atoms with Gasteiger partial charge in [-0.1, -0.05) is 48.0 Å². The molecule has 3 aromatic rings. The van der Waals surface area contributed by atoms with Gasteiger partial charge in [-0.25, -0.2) is 8.42 Å². The minimum absolute atomic E-state index is 0.0473. The first-order valence-electron chi connectivity index (χ1n) is 7.51. The summed E-state index contributed by atoms with van der Waals surface area (Å²) < 4.78 is 27.5. The van der Waals surface area contributed by atoms with Gasteiger partial charge in [-0.05, 0) is 48.0 Å². The minimum Gasteiger partial charge on any atom is -0.280 e. The lowest BCUT2D eigenvalue weighted by molar-refractivity contribution is 0.601. The second-order valence-corrected chi connectivity index (χ2v) is 7.31. The molecule has 0 saturated carbocycles. The third-order valence-electron chi connectivity index (χ3n) is 3.40. The van der Waals surface area contributed by atoms with E-state index in [9.17, 15) is 8.42 Å². The Labute approximate surface area is 151 Å². The summed E-state index contributed by atoms with van der Waals surface area (Å²) in [6, 6.07) is 19.1. The van der Waals surface area contributed by atoms with Gasteiger partial charge < -0.3 is 0 Å². The van der Waals surface area contributed by atoms with E-state index < -0.39 is 10.0 Å². The summed E-state index contributed by atoms with van der Waals surface area (Å²) >= 11 is 5.99. The fourth-order valence-corrected chi connectivity index (χ4v) is 3.80. The molecule has 0 aliphatic carbocycles. The van der Waals surface area contributed by atoms with Gasteiger partial charge >= 0.3 is 0 Å². The number of nitrogens with zero attached hydrogens (tertiary/aromatic N) is 1. The van der Waals surface area contributed by atoms with Gasteiger partial charge in [-0.2, -0.15) is 0 Å². The van der Waals surface area contributed by atoms with E-state index in [0.29, 0.717) is 5.69 Å². The smallest absolute Gasteiger partial charge is 0.263 e. The Balaban J connectivity index is 1.82. The van der Waals surface area contributed by atoms with Gasteiger partial charge in [0.05, 0.1) is 10.7 Å². The lowest BCUT2D eigenvalue weighted by Gasteiger charge is -2.09. The van der Waals surface area contributed by atoms with Gasteiger partial charge in [0.25, 0.3) is 10.0 Å². The van der Waals surface area contributed by atoms with Crippen LogP contribution >= 0.6 is 11.6 Å². The standard InChI is InChI=1S/C19H15ClN2O2S/c20-18-9-1-2-10-19(18)25(23,24)22-17-8-5-6-15(14-17)11-12-16-7-3-4-13-21-16/h1-14,22H/b12-11+. The normalized spacial score (nSPS) is 11.6. The number of halogens is 1. The molecule has 0 amide bonds. The van der Waals surface area contributed by atoms with Crippen LogP contribution in [-0.2, 0) is 10.0 Å². The van der Waals surface area contributed by atoms with Crippen LogP contribution in [0.4, 0.5) is 5.69 Å². The second kappa shape index (κ2) is 7.51. The van der Waals surface area contributed by atoms with E-state index in [1.165, 1.54) is 6.07 Å². The number of aromatic nitrogens is 1. The molecule has 0 saturated heterocycles. The number of hydrogen-bond acceptors (Lipinski definition) is 3. The molecular weight excluding hydrogens is 356 g/mol. The Bertz CT molecular complexity index is 1000. The number of pyridine rings is 1. The van der Waals surface area contributed by atoms with Crippen LogP contribution < -0.4 is 4.72 Å². The monoisotopic (exact) mass is 370 g/mol. The number of hydrogen-bond donors (Lipinski definition) is 1. The summed E-state index contributed by atoms with van der Waals surface area (Å²) in [6.07, 6.45) is 5.45. The first kappa shape index (κ1) is 17.2. The average molecular weight is 371 g/mol. The van der Waals surface area contributed by atoms with E-state index in [1.54, 1.807) is 42.6 Å². The molecule has 3 rings (SSSR count). The Morgan fingerprint density at radius 2 is 1.72 bits per heavy atom. The van der Waals surface area contributed by atoms with Crippen molar-refractivity contribution in [3.05, 3.63) is 89.2 Å². The highest BCUT2D eigenvalue weighted by molar-refractivity contribution is 7.92. The van der Waals surface area contributed by atoms with Crippen molar-refractivity contribution in [2.24, 2.45) is 0 Å². The zero-order valence-electron chi connectivity index (χ0n) is 13.1. The summed E-state index contributed by atoms with van der Waals surface area (Å²) in [7, 11) is -3.75. The van der Waals surface area contributed by atoms with Crippen LogP contribution in [-0.4, -0.2) is 13.4 Å². The average Bonchev–Trinajstić information content (AvgIpc) is 2.61. The Morgan fingerprint density at radius 1 is 0.920 bits per heavy atom. The maximum atomic E-state index is 12.5. The van der Waals surface area contributed by atoms with E-state index in [4.69, 9.17) is 11.6 Å². The van der Waals surface area contributed by atoms with Crippen LogP contribution in [0.5, 0.6) is 0 Å². The fraction of sp³-hybridized carbons (Fsp3) is 0. The van der Waals surface area contributed by atoms with Gasteiger partial charge in [0.15, 0.2) is 0 Å². The molecule has 25 heavy (non-hydrogen) atoms. The quantitative estimate of drug-likeness (QED) is 0.707. The highest BCUT2D eigenvalue weighted by Gasteiger charge is 2.17. The summed E-state index contributed by atoms with van der Waals surface area (Å²) in [5, 5.41) is 0.182. The molecule has 1 N–H and O–H groups in total. The maximum absolute atomic E-state index is 12.5. The van der Waals surface area contributed by atoms with Crippen LogP contribution in [0.2, 0.25) is 5.02 Å². The molecule has 0 spiro atoms. The third-order valence-corrected chi connectivity index (χ3v) is 5.28. The highest BCUT2D eigenvalue weighted by Crippen LogP contribution is 2.24. The highest BCUT2D eigenvalue weighted by atomic mass is 35.5. The molecule has 0 aliphatic heterocycles. The summed E-state index contributed by atoms with van der Waals surface area (Å²) in [5.74, 6) is 0. The third kappa shape index (κ3) is 4.47. The Hall–Kier alpha value is -2.63. The van der Waals surface area contributed by atoms with Crippen molar-refractivity contribution in [2.45, 2.75) is 4.90 Å².